The van der Waals surface area contributed by atoms with Gasteiger partial charge in [-0.2, -0.15) is 0 Å². The van der Waals surface area contributed by atoms with Crippen LogP contribution in [0.2, 0.25) is 0 Å². The first-order valence-electron chi connectivity index (χ1n) is 6.88. The van der Waals surface area contributed by atoms with Crippen molar-refractivity contribution in [2.75, 3.05) is 18.0 Å². The van der Waals surface area contributed by atoms with Gasteiger partial charge in [0.15, 0.2) is 0 Å². The number of hydrogen-bond donors (Lipinski definition) is 1. The Bertz CT molecular complexity index is 362. The monoisotopic (exact) mass is 252 g/mol. The summed E-state index contributed by atoms with van der Waals surface area (Å²) in [6, 6.07) is 5.11. The van der Waals surface area contributed by atoms with Crippen molar-refractivity contribution in [3.8, 4) is 0 Å². The fraction of sp³-hybridized carbons (Fsp3) is 0.600. The van der Waals surface area contributed by atoms with Gasteiger partial charge in [-0.25, -0.2) is 4.39 Å². The summed E-state index contributed by atoms with van der Waals surface area (Å²) in [7, 11) is 0. The molecule has 0 bridgehead atoms. The molecule has 0 aliphatic heterocycles. The summed E-state index contributed by atoms with van der Waals surface area (Å²) in [6.07, 6.45) is 2.32. The molecule has 0 saturated carbocycles. The Morgan fingerprint density at radius 2 is 1.83 bits per heavy atom. The molecule has 0 fully saturated rings. The van der Waals surface area contributed by atoms with Crippen LogP contribution < -0.4 is 10.6 Å². The van der Waals surface area contributed by atoms with Crippen molar-refractivity contribution in [1.82, 2.24) is 0 Å². The maximum atomic E-state index is 13.5. The van der Waals surface area contributed by atoms with Gasteiger partial charge in [0.1, 0.15) is 5.82 Å². The van der Waals surface area contributed by atoms with Crippen LogP contribution in [0.5, 0.6) is 0 Å². The summed E-state index contributed by atoms with van der Waals surface area (Å²) in [5, 5.41) is 0. The SMILES string of the molecule is CCC(CC)CN(CC)c1cc(F)cc(CN)c1. The van der Waals surface area contributed by atoms with E-state index in [4.69, 9.17) is 5.73 Å². The molecule has 0 aromatic heterocycles. The number of rotatable bonds is 7. The average Bonchev–Trinajstić information content (AvgIpc) is 2.39. The lowest BCUT2D eigenvalue weighted by Gasteiger charge is -2.28. The second kappa shape index (κ2) is 7.37. The Morgan fingerprint density at radius 3 is 2.33 bits per heavy atom. The molecule has 2 nitrogen and oxygen atoms in total. The molecule has 102 valence electrons. The van der Waals surface area contributed by atoms with Crippen molar-refractivity contribution in [3.05, 3.63) is 29.6 Å². The van der Waals surface area contributed by atoms with E-state index in [2.05, 4.69) is 25.7 Å². The van der Waals surface area contributed by atoms with Gasteiger partial charge in [-0.05, 0) is 36.6 Å². The molecule has 3 heteroatoms. The summed E-state index contributed by atoms with van der Waals surface area (Å²) in [5.74, 6) is 0.463. The molecular formula is C15H25FN2. The van der Waals surface area contributed by atoms with Gasteiger partial charge in [-0.1, -0.05) is 26.7 Å². The van der Waals surface area contributed by atoms with Crippen LogP contribution in [-0.2, 0) is 6.54 Å². The Kier molecular flexibility index (Phi) is 6.13. The van der Waals surface area contributed by atoms with E-state index in [9.17, 15) is 4.39 Å². The van der Waals surface area contributed by atoms with Crippen LogP contribution in [0, 0.1) is 11.7 Å². The Hall–Kier alpha value is -1.09. The zero-order chi connectivity index (χ0) is 13.5. The largest absolute Gasteiger partial charge is 0.371 e. The van der Waals surface area contributed by atoms with Crippen molar-refractivity contribution < 1.29 is 4.39 Å². The van der Waals surface area contributed by atoms with Crippen LogP contribution in [0.3, 0.4) is 0 Å². The Labute approximate surface area is 110 Å². The van der Waals surface area contributed by atoms with Crippen molar-refractivity contribution in [3.63, 3.8) is 0 Å². The highest BCUT2D eigenvalue weighted by molar-refractivity contribution is 5.49. The summed E-state index contributed by atoms with van der Waals surface area (Å²) >= 11 is 0. The quantitative estimate of drug-likeness (QED) is 0.804. The van der Waals surface area contributed by atoms with Crippen molar-refractivity contribution >= 4 is 5.69 Å². The highest BCUT2D eigenvalue weighted by atomic mass is 19.1. The molecule has 0 atom stereocenters. The standard InChI is InChI=1S/C15H25FN2/c1-4-12(5-2)11-18(6-3)15-8-13(10-17)7-14(16)9-15/h7-9,12H,4-6,10-11,17H2,1-3H3. The summed E-state index contributed by atoms with van der Waals surface area (Å²) in [5.41, 5.74) is 7.40. The number of anilines is 1. The summed E-state index contributed by atoms with van der Waals surface area (Å²) in [6.45, 7) is 8.78. The number of halogens is 1. The van der Waals surface area contributed by atoms with E-state index in [1.165, 1.54) is 6.07 Å². The van der Waals surface area contributed by atoms with Gasteiger partial charge in [0.05, 0.1) is 0 Å². The number of hydrogen-bond acceptors (Lipinski definition) is 2. The molecule has 0 aliphatic rings. The molecule has 1 rings (SSSR count). The van der Waals surface area contributed by atoms with Crippen LogP contribution in [-0.4, -0.2) is 13.1 Å². The molecule has 2 N–H and O–H groups in total. The molecule has 1 aromatic carbocycles. The zero-order valence-corrected chi connectivity index (χ0v) is 11.7. The first-order chi connectivity index (χ1) is 8.64. The van der Waals surface area contributed by atoms with Crippen molar-refractivity contribution in [1.29, 1.82) is 0 Å². The fourth-order valence-corrected chi connectivity index (χ4v) is 2.21. The molecular weight excluding hydrogens is 227 g/mol. The third kappa shape index (κ3) is 3.98. The number of nitrogens with two attached hydrogens (primary N) is 1. The number of nitrogens with zero attached hydrogens (tertiary/aromatic N) is 1. The van der Waals surface area contributed by atoms with E-state index in [1.54, 1.807) is 6.07 Å². The third-order valence-corrected chi connectivity index (χ3v) is 3.56. The van der Waals surface area contributed by atoms with E-state index < -0.39 is 0 Å². The molecule has 0 spiro atoms. The highest BCUT2D eigenvalue weighted by Gasteiger charge is 2.12. The van der Waals surface area contributed by atoms with Crippen LogP contribution >= 0.6 is 0 Å². The van der Waals surface area contributed by atoms with Gasteiger partial charge >= 0.3 is 0 Å². The smallest absolute Gasteiger partial charge is 0.125 e. The molecule has 0 radical (unpaired) electrons. The van der Waals surface area contributed by atoms with Gasteiger partial charge < -0.3 is 10.6 Å². The molecule has 0 unspecified atom stereocenters. The topological polar surface area (TPSA) is 29.3 Å². The van der Waals surface area contributed by atoms with Gasteiger partial charge in [0.25, 0.3) is 0 Å². The molecule has 1 aromatic rings. The van der Waals surface area contributed by atoms with Crippen LogP contribution in [0.1, 0.15) is 39.2 Å². The van der Waals surface area contributed by atoms with E-state index in [1.807, 2.05) is 6.07 Å². The van der Waals surface area contributed by atoms with Gasteiger partial charge in [-0.3, -0.25) is 0 Å². The zero-order valence-electron chi connectivity index (χ0n) is 11.7. The summed E-state index contributed by atoms with van der Waals surface area (Å²) < 4.78 is 13.5. The Balaban J connectivity index is 2.90. The number of benzene rings is 1. The molecule has 0 aliphatic carbocycles. The van der Waals surface area contributed by atoms with E-state index in [0.29, 0.717) is 12.5 Å². The molecule has 0 amide bonds. The minimum atomic E-state index is -0.198. The van der Waals surface area contributed by atoms with Gasteiger partial charge in [0, 0.05) is 25.3 Å². The normalized spacial score (nSPS) is 11.0. The molecule has 0 saturated heterocycles. The maximum Gasteiger partial charge on any atom is 0.125 e. The average molecular weight is 252 g/mol. The lowest BCUT2D eigenvalue weighted by atomic mass is 10.0. The predicted octanol–water partition coefficient (Wildman–Crippen LogP) is 3.55. The van der Waals surface area contributed by atoms with E-state index >= 15 is 0 Å². The summed E-state index contributed by atoms with van der Waals surface area (Å²) in [4.78, 5) is 2.24. The van der Waals surface area contributed by atoms with E-state index in [-0.39, 0.29) is 5.82 Å². The first-order valence-corrected chi connectivity index (χ1v) is 6.88. The van der Waals surface area contributed by atoms with Crippen LogP contribution in [0.15, 0.2) is 18.2 Å². The van der Waals surface area contributed by atoms with Gasteiger partial charge in [0.2, 0.25) is 0 Å². The molecule has 18 heavy (non-hydrogen) atoms. The minimum Gasteiger partial charge on any atom is -0.371 e. The molecule has 0 heterocycles. The minimum absolute atomic E-state index is 0.198. The highest BCUT2D eigenvalue weighted by Crippen LogP contribution is 2.21. The third-order valence-electron chi connectivity index (χ3n) is 3.56. The second-order valence-electron chi connectivity index (χ2n) is 4.74. The van der Waals surface area contributed by atoms with E-state index in [0.717, 1.165) is 37.2 Å². The van der Waals surface area contributed by atoms with Crippen molar-refractivity contribution in [2.24, 2.45) is 11.7 Å². The van der Waals surface area contributed by atoms with Crippen LogP contribution in [0.25, 0.3) is 0 Å². The van der Waals surface area contributed by atoms with Gasteiger partial charge in [-0.15, -0.1) is 0 Å². The maximum absolute atomic E-state index is 13.5. The lowest BCUT2D eigenvalue weighted by Crippen LogP contribution is -2.29. The fourth-order valence-electron chi connectivity index (χ4n) is 2.21. The predicted molar refractivity (Wildman–Crippen MR) is 76.3 cm³/mol. The second-order valence-corrected chi connectivity index (χ2v) is 4.74. The lowest BCUT2D eigenvalue weighted by molar-refractivity contribution is 0.485. The van der Waals surface area contributed by atoms with Crippen molar-refractivity contribution in [2.45, 2.75) is 40.2 Å². The van der Waals surface area contributed by atoms with Crippen LogP contribution in [0.4, 0.5) is 10.1 Å². The first kappa shape index (κ1) is 15.0. The Morgan fingerprint density at radius 1 is 1.17 bits per heavy atom.